The summed E-state index contributed by atoms with van der Waals surface area (Å²) in [5, 5.41) is 14.8. The van der Waals surface area contributed by atoms with Gasteiger partial charge in [-0.2, -0.15) is 13.2 Å². The number of aliphatic carboxylic acids is 1. The SMILES string of the molecule is CCC(=O)N[C@@H](C(=O)N1CCN(C)CC1)[C@@H](C)c1ccc(NC(=O)[C@@H]([NH3+])C2CCCCCC2)cc1.O=C([O-])C(F)(F)F. The number of amides is 3. The highest BCUT2D eigenvalue weighted by Gasteiger charge is 2.33. The number of carbonyl (C=O) groups excluding carboxylic acids is 4. The molecular formula is C29H44F3N5O5. The fourth-order valence-corrected chi connectivity index (χ4v) is 5.12. The van der Waals surface area contributed by atoms with Crippen LogP contribution in [0, 0.1) is 5.92 Å². The van der Waals surface area contributed by atoms with Crippen molar-refractivity contribution in [2.24, 2.45) is 5.92 Å². The molecule has 0 spiro atoms. The summed E-state index contributed by atoms with van der Waals surface area (Å²) in [6.45, 7) is 6.76. The number of anilines is 1. The molecule has 1 heterocycles. The number of nitrogens with zero attached hydrogens (tertiary/aromatic N) is 2. The first-order valence-corrected chi connectivity index (χ1v) is 14.5. The lowest BCUT2D eigenvalue weighted by Gasteiger charge is -2.36. The van der Waals surface area contributed by atoms with E-state index in [1.165, 1.54) is 25.7 Å². The van der Waals surface area contributed by atoms with Gasteiger partial charge in [0.1, 0.15) is 12.0 Å². The highest BCUT2D eigenvalue weighted by atomic mass is 19.4. The predicted molar refractivity (Wildman–Crippen MR) is 149 cm³/mol. The van der Waals surface area contributed by atoms with E-state index < -0.39 is 18.2 Å². The molecule has 1 aliphatic heterocycles. The Morgan fingerprint density at radius 1 is 1.00 bits per heavy atom. The number of hydrogen-bond donors (Lipinski definition) is 3. The number of piperazine rings is 1. The quantitative estimate of drug-likeness (QED) is 0.383. The summed E-state index contributed by atoms with van der Waals surface area (Å²) in [4.78, 5) is 51.3. The van der Waals surface area contributed by atoms with Crippen LogP contribution >= 0.6 is 0 Å². The number of carboxylic acids is 1. The molecule has 2 aliphatic rings. The van der Waals surface area contributed by atoms with Gasteiger partial charge in [0, 0.05) is 50.1 Å². The summed E-state index contributed by atoms with van der Waals surface area (Å²) < 4.78 is 31.5. The maximum absolute atomic E-state index is 13.4. The Bertz CT molecular complexity index is 1040. The van der Waals surface area contributed by atoms with E-state index in [9.17, 15) is 27.6 Å². The zero-order valence-corrected chi connectivity index (χ0v) is 24.7. The number of alkyl halides is 3. The summed E-state index contributed by atoms with van der Waals surface area (Å²) in [6.07, 6.45) is 2.15. The van der Waals surface area contributed by atoms with E-state index in [1.807, 2.05) is 36.1 Å². The minimum absolute atomic E-state index is 0.0315. The highest BCUT2D eigenvalue weighted by molar-refractivity contribution is 5.94. The van der Waals surface area contributed by atoms with Gasteiger partial charge in [-0.25, -0.2) is 0 Å². The van der Waals surface area contributed by atoms with Crippen molar-refractivity contribution >= 4 is 29.4 Å². The van der Waals surface area contributed by atoms with Crippen molar-refractivity contribution in [2.45, 2.75) is 83.0 Å². The summed E-state index contributed by atoms with van der Waals surface area (Å²) in [7, 11) is 2.05. The second-order valence-corrected chi connectivity index (χ2v) is 11.1. The maximum atomic E-state index is 13.4. The zero-order chi connectivity index (χ0) is 31.4. The average molecular weight is 600 g/mol. The molecule has 236 valence electrons. The fourth-order valence-electron chi connectivity index (χ4n) is 5.12. The van der Waals surface area contributed by atoms with Crippen LogP contribution in [0.15, 0.2) is 24.3 Å². The molecule has 0 aromatic heterocycles. The first-order chi connectivity index (χ1) is 19.7. The Labute approximate surface area is 245 Å². The van der Waals surface area contributed by atoms with Gasteiger partial charge in [0.05, 0.1) is 0 Å². The van der Waals surface area contributed by atoms with E-state index in [0.717, 1.165) is 37.2 Å². The third kappa shape index (κ3) is 10.9. The number of likely N-dealkylation sites (N-methyl/N-ethyl adjacent to an activating group) is 1. The minimum Gasteiger partial charge on any atom is -0.542 e. The third-order valence-electron chi connectivity index (χ3n) is 7.96. The monoisotopic (exact) mass is 599 g/mol. The van der Waals surface area contributed by atoms with Crippen LogP contribution in [0.2, 0.25) is 0 Å². The average Bonchev–Trinajstić information content (AvgIpc) is 3.25. The number of quaternary nitrogens is 1. The Morgan fingerprint density at radius 2 is 1.52 bits per heavy atom. The van der Waals surface area contributed by atoms with Gasteiger partial charge in [-0.3, -0.25) is 14.4 Å². The molecule has 3 rings (SSSR count). The minimum atomic E-state index is -5.19. The van der Waals surface area contributed by atoms with E-state index in [-0.39, 0.29) is 29.7 Å². The van der Waals surface area contributed by atoms with Gasteiger partial charge in [-0.1, -0.05) is 51.7 Å². The lowest BCUT2D eigenvalue weighted by Crippen LogP contribution is -2.69. The number of benzene rings is 1. The Balaban J connectivity index is 0.000000782. The van der Waals surface area contributed by atoms with E-state index in [1.54, 1.807) is 6.92 Å². The van der Waals surface area contributed by atoms with E-state index in [4.69, 9.17) is 9.90 Å². The molecule has 0 radical (unpaired) electrons. The smallest absolute Gasteiger partial charge is 0.430 e. The first-order valence-electron chi connectivity index (χ1n) is 14.5. The summed E-state index contributed by atoms with van der Waals surface area (Å²) in [6, 6.07) is 6.76. The molecule has 2 fully saturated rings. The van der Waals surface area contributed by atoms with Crippen LogP contribution < -0.4 is 21.5 Å². The van der Waals surface area contributed by atoms with Crippen molar-refractivity contribution in [1.29, 1.82) is 0 Å². The number of nitrogens with one attached hydrogen (secondary N) is 2. The molecule has 42 heavy (non-hydrogen) atoms. The Kier molecular flexibility index (Phi) is 13.7. The molecule has 10 nitrogen and oxygen atoms in total. The van der Waals surface area contributed by atoms with Crippen LogP contribution in [0.5, 0.6) is 0 Å². The molecule has 1 aromatic rings. The molecule has 0 bridgehead atoms. The van der Waals surface area contributed by atoms with Gasteiger partial charge >= 0.3 is 6.18 Å². The van der Waals surface area contributed by atoms with Crippen LogP contribution in [0.3, 0.4) is 0 Å². The first kappa shape index (κ1) is 35.0. The second-order valence-electron chi connectivity index (χ2n) is 11.1. The molecule has 3 atom stereocenters. The van der Waals surface area contributed by atoms with Crippen molar-refractivity contribution < 1.29 is 43.2 Å². The third-order valence-corrected chi connectivity index (χ3v) is 7.96. The molecule has 1 saturated heterocycles. The van der Waals surface area contributed by atoms with Gasteiger partial charge in [-0.05, 0) is 37.6 Å². The maximum Gasteiger partial charge on any atom is 0.430 e. The molecule has 3 amide bonds. The van der Waals surface area contributed by atoms with Gasteiger partial charge in [0.25, 0.3) is 5.91 Å². The van der Waals surface area contributed by atoms with Crippen molar-refractivity contribution in [3.05, 3.63) is 29.8 Å². The normalized spacial score (nSPS) is 18.9. The molecule has 1 aliphatic carbocycles. The van der Waals surface area contributed by atoms with Crippen molar-refractivity contribution in [2.75, 3.05) is 38.5 Å². The molecule has 1 aromatic carbocycles. The largest absolute Gasteiger partial charge is 0.542 e. The zero-order valence-electron chi connectivity index (χ0n) is 24.7. The van der Waals surface area contributed by atoms with Crippen LogP contribution in [0.4, 0.5) is 18.9 Å². The lowest BCUT2D eigenvalue weighted by atomic mass is 9.91. The van der Waals surface area contributed by atoms with Crippen LogP contribution in [-0.2, 0) is 19.2 Å². The number of carbonyl (C=O) groups is 4. The van der Waals surface area contributed by atoms with E-state index in [0.29, 0.717) is 25.4 Å². The summed E-state index contributed by atoms with van der Waals surface area (Å²) >= 11 is 0. The van der Waals surface area contributed by atoms with E-state index >= 15 is 0 Å². The standard InChI is InChI=1S/C27H43N5O3.C2HF3O2/c1-4-23(33)30-25(27(35)32-17-15-31(3)16-18-32)19(2)20-11-13-22(14-12-20)29-26(34)24(28)21-9-7-5-6-8-10-21;3-2(4,5)1(6)7/h11-14,19,21,24-25H,4-10,15-18,28H2,1-3H3,(H,29,34)(H,30,33);(H,6,7)/t19-,24-,25+;/m0./s1. The Morgan fingerprint density at radius 3 is 2.00 bits per heavy atom. The number of halogens is 3. The molecule has 1 saturated carbocycles. The molecular weight excluding hydrogens is 555 g/mol. The van der Waals surface area contributed by atoms with Crippen molar-refractivity contribution in [1.82, 2.24) is 15.1 Å². The van der Waals surface area contributed by atoms with Crippen molar-refractivity contribution in [3.63, 3.8) is 0 Å². The molecule has 13 heteroatoms. The Hall–Kier alpha value is -3.19. The van der Waals surface area contributed by atoms with Gasteiger partial charge in [0.15, 0.2) is 6.04 Å². The number of carboxylic acid groups (broad SMARTS) is 1. The van der Waals surface area contributed by atoms with Crippen LogP contribution in [0.25, 0.3) is 0 Å². The highest BCUT2D eigenvalue weighted by Crippen LogP contribution is 2.26. The number of hydrogen-bond acceptors (Lipinski definition) is 6. The second kappa shape index (κ2) is 16.4. The lowest BCUT2D eigenvalue weighted by molar-refractivity contribution is -0.415. The van der Waals surface area contributed by atoms with Crippen LogP contribution in [-0.4, -0.2) is 85.0 Å². The van der Waals surface area contributed by atoms with Crippen LogP contribution in [0.1, 0.15) is 70.3 Å². The van der Waals surface area contributed by atoms with Gasteiger partial charge in [-0.15, -0.1) is 0 Å². The van der Waals surface area contributed by atoms with Crippen molar-refractivity contribution in [3.8, 4) is 0 Å². The van der Waals surface area contributed by atoms with E-state index in [2.05, 4.69) is 28.3 Å². The fraction of sp³-hybridized carbons (Fsp3) is 0.655. The predicted octanol–water partition coefficient (Wildman–Crippen LogP) is 1.28. The number of rotatable bonds is 8. The van der Waals surface area contributed by atoms with Gasteiger partial charge < -0.3 is 36.1 Å². The topological polar surface area (TPSA) is 150 Å². The summed E-state index contributed by atoms with van der Waals surface area (Å²) in [5.74, 6) is -3.06. The molecule has 5 N–H and O–H groups in total. The van der Waals surface area contributed by atoms with Gasteiger partial charge in [0.2, 0.25) is 11.8 Å². The molecule has 0 unspecified atom stereocenters. The summed E-state index contributed by atoms with van der Waals surface area (Å²) in [5.41, 5.74) is 5.85.